The summed E-state index contributed by atoms with van der Waals surface area (Å²) in [4.78, 5) is 36.8. The van der Waals surface area contributed by atoms with Crippen LogP contribution in [0.5, 0.6) is 0 Å². The molecule has 0 aromatic heterocycles. The smallest absolute Gasteiger partial charge is 0.326 e. The fourth-order valence-corrected chi connectivity index (χ4v) is 4.81. The third kappa shape index (κ3) is 10.1. The van der Waals surface area contributed by atoms with Crippen LogP contribution in [0.4, 0.5) is 32.0 Å². The maximum Gasteiger partial charge on any atom is 0.416 e. The minimum Gasteiger partial charge on any atom is -0.326 e. The lowest BCUT2D eigenvalue weighted by atomic mass is 9.85. The number of hydrogen-bond acceptors (Lipinski definition) is 4. The van der Waals surface area contributed by atoms with E-state index in [2.05, 4.69) is 10.8 Å². The summed E-state index contributed by atoms with van der Waals surface area (Å²) in [6.45, 7) is 0.141. The van der Waals surface area contributed by atoms with Crippen LogP contribution in [-0.4, -0.2) is 17.6 Å². The number of Topliss-reactive ketones (excluding diaryl/α,β-unsaturated/α-hetero) is 1. The molecule has 2 aromatic rings. The van der Waals surface area contributed by atoms with Crippen LogP contribution in [0.3, 0.4) is 0 Å². The molecule has 1 unspecified atom stereocenters. The lowest BCUT2D eigenvalue weighted by Crippen LogP contribution is -2.19. The van der Waals surface area contributed by atoms with Gasteiger partial charge in [0.1, 0.15) is 6.45 Å². The van der Waals surface area contributed by atoms with Gasteiger partial charge in [-0.2, -0.15) is 26.3 Å². The molecule has 6 nitrogen and oxygen atoms in total. The van der Waals surface area contributed by atoms with Crippen molar-refractivity contribution in [3.8, 4) is 0 Å². The van der Waals surface area contributed by atoms with E-state index in [0.29, 0.717) is 49.1 Å². The molecule has 0 radical (unpaired) electrons. The van der Waals surface area contributed by atoms with Crippen LogP contribution in [0.1, 0.15) is 77.6 Å². The normalized spacial score (nSPS) is 14.9. The molecular formula is C27H26F6IN2O4P. The number of aryl methyl sites for hydroxylation is 1. The topological polar surface area (TPSA) is 84.5 Å². The van der Waals surface area contributed by atoms with Crippen LogP contribution in [0.15, 0.2) is 42.0 Å². The largest absolute Gasteiger partial charge is 0.416 e. The molecule has 0 saturated heterocycles. The molecule has 2 aromatic carbocycles. The van der Waals surface area contributed by atoms with Gasteiger partial charge in [-0.25, -0.2) is 10.1 Å². The molecule has 0 saturated carbocycles. The molecule has 1 aliphatic carbocycles. The van der Waals surface area contributed by atoms with Crippen molar-refractivity contribution in [2.24, 2.45) is 0 Å². The third-order valence-corrected chi connectivity index (χ3v) is 7.14. The van der Waals surface area contributed by atoms with Gasteiger partial charge in [-0.05, 0) is 101 Å². The molecule has 0 bridgehead atoms. The number of alkyl halides is 6. The molecule has 1 atom stereocenters. The van der Waals surface area contributed by atoms with Gasteiger partial charge in [0.25, 0.3) is 0 Å². The van der Waals surface area contributed by atoms with E-state index >= 15 is 0 Å². The van der Waals surface area contributed by atoms with E-state index < -0.39 is 29.3 Å². The van der Waals surface area contributed by atoms with Crippen molar-refractivity contribution < 1.29 is 45.4 Å². The number of anilines is 1. The van der Waals surface area contributed by atoms with Crippen molar-refractivity contribution in [2.45, 2.75) is 63.7 Å². The van der Waals surface area contributed by atoms with Crippen molar-refractivity contribution in [3.63, 3.8) is 0 Å². The monoisotopic (exact) mass is 714 g/mol. The standard InChI is InChI=1S/C27H26F6IN2O4P/c28-26(29,30)19-12-16(13-20(15-19)27(31,32)33)11-18-8-7-17-14-21(9-10-22(17)25(18)39)35-23(37)5-3-1-2-4-6-24(38)36-40-41-34/h9-15,41H,1-8H2,(H,35,37)(H,36,38)/b18-11+. The zero-order valence-electron chi connectivity index (χ0n) is 21.5. The Bertz CT molecular complexity index is 1280. The van der Waals surface area contributed by atoms with Crippen molar-refractivity contribution in [2.75, 3.05) is 5.32 Å². The first kappa shape index (κ1) is 33.0. The van der Waals surface area contributed by atoms with E-state index in [1.807, 2.05) is 22.0 Å². The maximum absolute atomic E-state index is 13.2. The number of nitrogens with one attached hydrogen (secondary N) is 2. The number of allylic oxidation sites excluding steroid dienone is 1. The van der Waals surface area contributed by atoms with Crippen LogP contribution < -0.4 is 10.8 Å². The predicted molar refractivity (Wildman–Crippen MR) is 151 cm³/mol. The van der Waals surface area contributed by atoms with Crippen LogP contribution in [0.2, 0.25) is 0 Å². The number of fused-ring (bicyclic) bond motifs is 1. The van der Waals surface area contributed by atoms with E-state index in [4.69, 9.17) is 4.62 Å². The third-order valence-electron chi connectivity index (χ3n) is 6.30. The van der Waals surface area contributed by atoms with Gasteiger partial charge in [-0.15, -0.1) is 0 Å². The second kappa shape index (κ2) is 14.6. The molecular weight excluding hydrogens is 688 g/mol. The molecule has 0 heterocycles. The van der Waals surface area contributed by atoms with Crippen LogP contribution in [0, 0.1) is 0 Å². The zero-order valence-corrected chi connectivity index (χ0v) is 24.6. The summed E-state index contributed by atoms with van der Waals surface area (Å²) in [6, 6.07) is 5.87. The lowest BCUT2D eigenvalue weighted by Gasteiger charge is -2.19. The van der Waals surface area contributed by atoms with Crippen molar-refractivity contribution >= 4 is 57.9 Å². The Labute approximate surface area is 247 Å². The first-order valence-electron chi connectivity index (χ1n) is 12.6. The van der Waals surface area contributed by atoms with E-state index in [1.165, 1.54) is 12.1 Å². The Morgan fingerprint density at radius 3 is 2.07 bits per heavy atom. The summed E-state index contributed by atoms with van der Waals surface area (Å²) in [5.74, 6) is -0.899. The number of hydroxylamine groups is 1. The summed E-state index contributed by atoms with van der Waals surface area (Å²) in [5.41, 5.74) is 0.528. The Hall–Kier alpha value is -2.51. The van der Waals surface area contributed by atoms with Gasteiger partial charge in [0, 0.05) is 29.7 Å². The minimum absolute atomic E-state index is 0.0428. The molecule has 0 aliphatic heterocycles. The Morgan fingerprint density at radius 1 is 0.878 bits per heavy atom. The highest BCUT2D eigenvalue weighted by atomic mass is 127. The van der Waals surface area contributed by atoms with Crippen molar-refractivity contribution in [3.05, 3.63) is 69.8 Å². The number of halogens is 7. The van der Waals surface area contributed by atoms with Gasteiger partial charge in [-0.3, -0.25) is 14.4 Å². The van der Waals surface area contributed by atoms with Gasteiger partial charge < -0.3 is 5.32 Å². The molecule has 2 amide bonds. The summed E-state index contributed by atoms with van der Waals surface area (Å²) >= 11 is 1.99. The second-order valence-corrected chi connectivity index (χ2v) is 11.1. The average molecular weight is 714 g/mol. The van der Waals surface area contributed by atoms with Gasteiger partial charge in [0.15, 0.2) is 5.78 Å². The minimum atomic E-state index is -4.99. The molecule has 3 rings (SSSR count). The first-order valence-corrected chi connectivity index (χ1v) is 16.6. The lowest BCUT2D eigenvalue weighted by molar-refractivity contribution is -0.143. The molecule has 0 fully saturated rings. The first-order chi connectivity index (χ1) is 19.3. The van der Waals surface area contributed by atoms with Gasteiger partial charge in [0.2, 0.25) is 11.8 Å². The summed E-state index contributed by atoms with van der Waals surface area (Å²) in [5, 5.41) is 2.77. The summed E-state index contributed by atoms with van der Waals surface area (Å²) in [7, 11) is 0. The second-order valence-electron chi connectivity index (χ2n) is 9.38. The number of rotatable bonds is 11. The van der Waals surface area contributed by atoms with Crippen LogP contribution in [-0.2, 0) is 33.0 Å². The number of carbonyl (C=O) groups is 3. The van der Waals surface area contributed by atoms with E-state index in [0.717, 1.165) is 18.9 Å². The molecule has 2 N–H and O–H groups in total. The number of ketones is 1. The molecule has 14 heteroatoms. The average Bonchev–Trinajstić information content (AvgIpc) is 2.90. The number of carbonyl (C=O) groups excluding carboxylic acids is 3. The number of benzene rings is 2. The Morgan fingerprint density at radius 2 is 1.49 bits per heavy atom. The Balaban J connectivity index is 1.59. The SMILES string of the molecule is O=C(CCCCCCC(=O)Nc1ccc2c(c1)CC/C(=C\c1cc(C(F)(F)F)cc(C(F)(F)F)c1)C2=O)NOPI. The van der Waals surface area contributed by atoms with E-state index in [9.17, 15) is 40.7 Å². The molecule has 41 heavy (non-hydrogen) atoms. The van der Waals surface area contributed by atoms with Crippen LogP contribution in [0.25, 0.3) is 6.08 Å². The van der Waals surface area contributed by atoms with Crippen molar-refractivity contribution in [1.82, 2.24) is 5.48 Å². The number of unbranched alkanes of at least 4 members (excludes halogenated alkanes) is 3. The number of amides is 2. The number of hydrogen-bond donors (Lipinski definition) is 2. The van der Waals surface area contributed by atoms with Gasteiger partial charge in [0.05, 0.1) is 11.1 Å². The zero-order chi connectivity index (χ0) is 30.2. The molecule has 1 aliphatic rings. The highest BCUT2D eigenvalue weighted by Crippen LogP contribution is 2.37. The predicted octanol–water partition coefficient (Wildman–Crippen LogP) is 8.21. The van der Waals surface area contributed by atoms with Crippen LogP contribution >= 0.6 is 28.5 Å². The van der Waals surface area contributed by atoms with Gasteiger partial charge >= 0.3 is 12.4 Å². The summed E-state index contributed by atoms with van der Waals surface area (Å²) in [6.07, 6.45) is -5.02. The highest BCUT2D eigenvalue weighted by Gasteiger charge is 2.37. The van der Waals surface area contributed by atoms with Gasteiger partial charge in [-0.1, -0.05) is 12.8 Å². The maximum atomic E-state index is 13.2. The molecule has 0 spiro atoms. The fraction of sp³-hybridized carbons (Fsp3) is 0.370. The van der Waals surface area contributed by atoms with Crippen molar-refractivity contribution in [1.29, 1.82) is 0 Å². The summed E-state index contributed by atoms with van der Waals surface area (Å²) < 4.78 is 84.0. The fourth-order valence-electron chi connectivity index (χ4n) is 4.33. The highest BCUT2D eigenvalue weighted by molar-refractivity contribution is 14.2. The van der Waals surface area contributed by atoms with E-state index in [1.54, 1.807) is 6.07 Å². The Kier molecular flexibility index (Phi) is 11.7. The van der Waals surface area contributed by atoms with E-state index in [-0.39, 0.29) is 53.9 Å². The quantitative estimate of drug-likeness (QED) is 0.0614. The molecule has 222 valence electrons.